The highest BCUT2D eigenvalue weighted by molar-refractivity contribution is 7.92. The molecule has 2 heterocycles. The lowest BCUT2D eigenvalue weighted by molar-refractivity contribution is 0.192. The Kier molecular flexibility index (Phi) is 4.12. The number of hydrogen-bond acceptors (Lipinski definition) is 6. The molecule has 0 aliphatic carbocycles. The molecular formula is C14H17N3O4S. The number of ether oxygens (including phenoxy) is 1. The Balaban J connectivity index is 1.75. The van der Waals surface area contributed by atoms with Crippen molar-refractivity contribution in [1.82, 2.24) is 10.1 Å². The Morgan fingerprint density at radius 3 is 2.73 bits per heavy atom. The van der Waals surface area contributed by atoms with Gasteiger partial charge in [0.2, 0.25) is 10.0 Å². The van der Waals surface area contributed by atoms with E-state index in [1.807, 2.05) is 0 Å². The summed E-state index contributed by atoms with van der Waals surface area (Å²) >= 11 is 0. The number of rotatable bonds is 5. The van der Waals surface area contributed by atoms with Crippen molar-refractivity contribution in [3.63, 3.8) is 0 Å². The third-order valence-electron chi connectivity index (χ3n) is 3.52. The fraction of sp³-hybridized carbons (Fsp3) is 0.429. The van der Waals surface area contributed by atoms with E-state index in [2.05, 4.69) is 14.9 Å². The van der Waals surface area contributed by atoms with Gasteiger partial charge in [-0.05, 0) is 37.6 Å². The number of nitrogens with zero attached hydrogens (tertiary/aromatic N) is 2. The highest BCUT2D eigenvalue weighted by Gasteiger charge is 2.23. The molecule has 1 aliphatic heterocycles. The lowest BCUT2D eigenvalue weighted by atomic mass is 10.1. The first kappa shape index (κ1) is 15.0. The normalized spacial score (nSPS) is 18.5. The Bertz CT molecular complexity index is 734. The van der Waals surface area contributed by atoms with Crippen molar-refractivity contribution in [3.8, 4) is 11.5 Å². The predicted molar refractivity (Wildman–Crippen MR) is 81.0 cm³/mol. The van der Waals surface area contributed by atoms with Gasteiger partial charge in [0.25, 0.3) is 5.89 Å². The van der Waals surface area contributed by atoms with Crippen LogP contribution in [0.3, 0.4) is 0 Å². The Morgan fingerprint density at radius 1 is 1.32 bits per heavy atom. The first-order valence-corrected chi connectivity index (χ1v) is 8.75. The molecule has 0 bridgehead atoms. The predicted octanol–water partition coefficient (Wildman–Crippen LogP) is 2.00. The van der Waals surface area contributed by atoms with Crippen molar-refractivity contribution in [1.29, 1.82) is 0 Å². The zero-order valence-electron chi connectivity index (χ0n) is 12.2. The fourth-order valence-electron chi connectivity index (χ4n) is 2.19. The molecule has 1 aromatic heterocycles. The van der Waals surface area contributed by atoms with Gasteiger partial charge < -0.3 is 9.26 Å². The zero-order chi connectivity index (χ0) is 15.6. The third kappa shape index (κ3) is 3.28. The average Bonchev–Trinajstić information content (AvgIpc) is 3.19. The summed E-state index contributed by atoms with van der Waals surface area (Å²) in [5.41, 5.74) is 1.26. The first-order valence-electron chi connectivity index (χ1n) is 7.09. The topological polar surface area (TPSA) is 94.3 Å². The van der Waals surface area contributed by atoms with Gasteiger partial charge in [0.1, 0.15) is 0 Å². The van der Waals surface area contributed by atoms with E-state index in [1.54, 1.807) is 31.2 Å². The molecule has 0 radical (unpaired) electrons. The Hall–Kier alpha value is -1.93. The number of sulfonamides is 1. The van der Waals surface area contributed by atoms with Crippen molar-refractivity contribution in [2.45, 2.75) is 19.3 Å². The highest BCUT2D eigenvalue weighted by Crippen LogP contribution is 2.26. The molecule has 1 aromatic carbocycles. The molecule has 0 spiro atoms. The monoisotopic (exact) mass is 323 g/mol. The van der Waals surface area contributed by atoms with E-state index in [1.165, 1.54) is 0 Å². The first-order chi connectivity index (χ1) is 10.6. The van der Waals surface area contributed by atoms with Crippen LogP contribution in [0.4, 0.5) is 5.69 Å². The van der Waals surface area contributed by atoms with Crippen LogP contribution in [-0.4, -0.2) is 37.5 Å². The van der Waals surface area contributed by atoms with Gasteiger partial charge in [0.15, 0.2) is 5.82 Å². The van der Waals surface area contributed by atoms with Gasteiger partial charge in [0.05, 0.1) is 12.4 Å². The van der Waals surface area contributed by atoms with Crippen molar-refractivity contribution in [2.24, 2.45) is 0 Å². The number of anilines is 1. The van der Waals surface area contributed by atoms with Gasteiger partial charge in [-0.1, -0.05) is 5.16 Å². The van der Waals surface area contributed by atoms with Crippen LogP contribution in [0.1, 0.15) is 25.1 Å². The van der Waals surface area contributed by atoms with Gasteiger partial charge in [-0.25, -0.2) is 8.42 Å². The number of benzene rings is 1. The van der Waals surface area contributed by atoms with Gasteiger partial charge >= 0.3 is 0 Å². The highest BCUT2D eigenvalue weighted by atomic mass is 32.2. The van der Waals surface area contributed by atoms with E-state index in [-0.39, 0.29) is 11.7 Å². The SMILES string of the molecule is CCS(=O)(=O)Nc1ccc(-c2nc(C3CCOC3)no2)cc1. The third-order valence-corrected chi connectivity index (χ3v) is 4.83. The maximum atomic E-state index is 11.5. The van der Waals surface area contributed by atoms with Crippen LogP contribution in [0.2, 0.25) is 0 Å². The van der Waals surface area contributed by atoms with E-state index < -0.39 is 10.0 Å². The van der Waals surface area contributed by atoms with E-state index in [9.17, 15) is 8.42 Å². The minimum Gasteiger partial charge on any atom is -0.381 e. The molecule has 0 saturated carbocycles. The minimum absolute atomic E-state index is 0.0330. The maximum Gasteiger partial charge on any atom is 0.257 e. The van der Waals surface area contributed by atoms with Crippen molar-refractivity contribution < 1.29 is 17.7 Å². The van der Waals surface area contributed by atoms with Crippen molar-refractivity contribution in [2.75, 3.05) is 23.7 Å². The minimum atomic E-state index is -3.27. The lowest BCUT2D eigenvalue weighted by Gasteiger charge is -2.05. The van der Waals surface area contributed by atoms with Crippen LogP contribution in [0.15, 0.2) is 28.8 Å². The number of aromatic nitrogens is 2. The quantitative estimate of drug-likeness (QED) is 0.904. The van der Waals surface area contributed by atoms with Crippen LogP contribution >= 0.6 is 0 Å². The summed E-state index contributed by atoms with van der Waals surface area (Å²) < 4.78 is 36.1. The van der Waals surface area contributed by atoms with Crippen molar-refractivity contribution in [3.05, 3.63) is 30.1 Å². The van der Waals surface area contributed by atoms with Crippen LogP contribution < -0.4 is 4.72 Å². The van der Waals surface area contributed by atoms with Gasteiger partial charge in [-0.3, -0.25) is 4.72 Å². The molecule has 22 heavy (non-hydrogen) atoms. The van der Waals surface area contributed by atoms with Gasteiger partial charge in [-0.2, -0.15) is 4.98 Å². The number of hydrogen-bond donors (Lipinski definition) is 1. The summed E-state index contributed by atoms with van der Waals surface area (Å²) in [6.07, 6.45) is 0.900. The second-order valence-electron chi connectivity index (χ2n) is 5.10. The lowest BCUT2D eigenvalue weighted by Crippen LogP contribution is -2.14. The maximum absolute atomic E-state index is 11.5. The summed E-state index contributed by atoms with van der Waals surface area (Å²) in [5, 5.41) is 3.99. The molecule has 0 amide bonds. The molecule has 1 fully saturated rings. The Labute approximate surface area is 128 Å². The van der Waals surface area contributed by atoms with Gasteiger partial charge in [0, 0.05) is 23.8 Å². The average molecular weight is 323 g/mol. The fourth-order valence-corrected chi connectivity index (χ4v) is 2.83. The van der Waals surface area contributed by atoms with E-state index >= 15 is 0 Å². The summed E-state index contributed by atoms with van der Waals surface area (Å²) in [6.45, 7) is 2.93. The molecular weight excluding hydrogens is 306 g/mol. The molecule has 1 atom stereocenters. The second kappa shape index (κ2) is 6.05. The summed E-state index contributed by atoms with van der Waals surface area (Å²) in [7, 11) is -3.27. The zero-order valence-corrected chi connectivity index (χ0v) is 13.0. The van der Waals surface area contributed by atoms with Crippen LogP contribution in [0.25, 0.3) is 11.5 Å². The number of nitrogens with one attached hydrogen (secondary N) is 1. The van der Waals surface area contributed by atoms with Crippen LogP contribution in [-0.2, 0) is 14.8 Å². The molecule has 7 nitrogen and oxygen atoms in total. The van der Waals surface area contributed by atoms with Crippen molar-refractivity contribution >= 4 is 15.7 Å². The van der Waals surface area contributed by atoms with E-state index in [0.29, 0.717) is 24.0 Å². The molecule has 3 rings (SSSR count). The second-order valence-corrected chi connectivity index (χ2v) is 7.11. The molecule has 2 aromatic rings. The molecule has 8 heteroatoms. The van der Waals surface area contributed by atoms with Gasteiger partial charge in [-0.15, -0.1) is 0 Å². The Morgan fingerprint density at radius 2 is 2.09 bits per heavy atom. The van der Waals surface area contributed by atoms with Crippen LogP contribution in [0.5, 0.6) is 0 Å². The van der Waals surface area contributed by atoms with Crippen LogP contribution in [0, 0.1) is 0 Å². The molecule has 118 valence electrons. The van der Waals surface area contributed by atoms with E-state index in [0.717, 1.165) is 18.6 Å². The molecule has 1 aliphatic rings. The molecule has 1 unspecified atom stereocenters. The van der Waals surface area contributed by atoms with E-state index in [4.69, 9.17) is 9.26 Å². The molecule has 1 N–H and O–H groups in total. The standard InChI is InChI=1S/C14H17N3O4S/c1-2-22(18,19)17-12-5-3-10(4-6-12)14-15-13(16-21-14)11-7-8-20-9-11/h3-6,11,17H,2,7-9H2,1H3. The largest absolute Gasteiger partial charge is 0.381 e. The molecule has 1 saturated heterocycles. The summed E-state index contributed by atoms with van der Waals surface area (Å²) in [4.78, 5) is 4.39. The smallest absolute Gasteiger partial charge is 0.257 e. The summed E-state index contributed by atoms with van der Waals surface area (Å²) in [5.74, 6) is 1.30. The summed E-state index contributed by atoms with van der Waals surface area (Å²) in [6, 6.07) is 6.84.